The van der Waals surface area contributed by atoms with Crippen LogP contribution in [0.15, 0.2) is 52.6 Å². The standard InChI is InChI=1S/C27H34F3N5O/c1-3-4-6-19-8-10-20(11-9-19)12-13-21-14-15-22(17-24(21)27(28,29)30)25(34-36-2)33-18-23-7-5-16-35(23)26(31)32/h8-11,14-15,17-18,23H,3-7,12-13,16H2,1-2H3,(H3,31,32)/b33-18?,34-25-/t23-/m0/s1. The van der Waals surface area contributed by atoms with Gasteiger partial charge in [-0.2, -0.15) is 13.2 Å². The predicted octanol–water partition coefficient (Wildman–Crippen LogP) is 5.57. The molecular formula is C27H34F3N5O. The van der Waals surface area contributed by atoms with Crippen LogP contribution in [0.1, 0.15) is 60.4 Å². The van der Waals surface area contributed by atoms with E-state index in [1.807, 2.05) is 12.1 Å². The van der Waals surface area contributed by atoms with Crippen LogP contribution in [0, 0.1) is 5.41 Å². The Hall–Kier alpha value is -3.36. The minimum atomic E-state index is -4.52. The van der Waals surface area contributed by atoms with Crippen molar-refractivity contribution in [2.75, 3.05) is 13.7 Å². The maximum atomic E-state index is 14.0. The molecule has 0 spiro atoms. The number of aryl methyl sites for hydroxylation is 3. The third-order valence-corrected chi connectivity index (χ3v) is 6.35. The Morgan fingerprint density at radius 2 is 1.83 bits per heavy atom. The van der Waals surface area contributed by atoms with Gasteiger partial charge in [-0.15, -0.1) is 0 Å². The van der Waals surface area contributed by atoms with Crippen LogP contribution in [0.25, 0.3) is 0 Å². The summed E-state index contributed by atoms with van der Waals surface area (Å²) in [4.78, 5) is 10.9. The van der Waals surface area contributed by atoms with Gasteiger partial charge in [-0.3, -0.25) is 5.41 Å². The van der Waals surface area contributed by atoms with Crippen LogP contribution in [0.2, 0.25) is 0 Å². The third-order valence-electron chi connectivity index (χ3n) is 6.35. The van der Waals surface area contributed by atoms with E-state index in [1.54, 1.807) is 17.2 Å². The molecule has 1 aliphatic heterocycles. The quantitative estimate of drug-likeness (QED) is 0.268. The molecule has 9 heteroatoms. The maximum Gasteiger partial charge on any atom is 0.416 e. The molecule has 3 N–H and O–H groups in total. The molecular weight excluding hydrogens is 467 g/mol. The molecule has 36 heavy (non-hydrogen) atoms. The highest BCUT2D eigenvalue weighted by Gasteiger charge is 2.34. The van der Waals surface area contributed by atoms with Crippen LogP contribution in [-0.2, 0) is 30.3 Å². The van der Waals surface area contributed by atoms with E-state index in [-0.39, 0.29) is 35.4 Å². The molecule has 0 radical (unpaired) electrons. The van der Waals surface area contributed by atoms with E-state index in [0.717, 1.165) is 43.7 Å². The maximum absolute atomic E-state index is 14.0. The normalized spacial score (nSPS) is 16.6. The van der Waals surface area contributed by atoms with Crippen molar-refractivity contribution in [1.29, 1.82) is 5.41 Å². The number of benzene rings is 2. The second-order valence-corrected chi connectivity index (χ2v) is 8.95. The topological polar surface area (TPSA) is 87.1 Å². The number of oxime groups is 1. The molecule has 0 aliphatic carbocycles. The third kappa shape index (κ3) is 7.32. The number of guanidine groups is 1. The van der Waals surface area contributed by atoms with Gasteiger partial charge in [-0.25, -0.2) is 4.99 Å². The Balaban J connectivity index is 1.80. The first-order chi connectivity index (χ1) is 17.2. The second kappa shape index (κ2) is 12.6. The van der Waals surface area contributed by atoms with E-state index in [2.05, 4.69) is 29.2 Å². The van der Waals surface area contributed by atoms with Crippen LogP contribution >= 0.6 is 0 Å². The van der Waals surface area contributed by atoms with Crippen molar-refractivity contribution in [3.63, 3.8) is 0 Å². The number of nitrogens with zero attached hydrogens (tertiary/aromatic N) is 3. The lowest BCUT2D eigenvalue weighted by Gasteiger charge is -2.21. The summed E-state index contributed by atoms with van der Waals surface area (Å²) in [7, 11) is 1.32. The van der Waals surface area contributed by atoms with Crippen molar-refractivity contribution in [2.45, 2.75) is 64.1 Å². The lowest BCUT2D eigenvalue weighted by molar-refractivity contribution is -0.138. The summed E-state index contributed by atoms with van der Waals surface area (Å²) in [5.74, 6) is -0.0267. The van der Waals surface area contributed by atoms with E-state index in [0.29, 0.717) is 13.0 Å². The SMILES string of the molecule is CCCCc1ccc(CCc2ccc(/C(N=C[C@@H]3CCCN3C(=N)N)=N/OC)cc2C(F)(F)F)cc1. The number of rotatable bonds is 9. The molecule has 1 saturated heterocycles. The number of hydrogen-bond acceptors (Lipinski definition) is 3. The first kappa shape index (κ1) is 27.2. The predicted molar refractivity (Wildman–Crippen MR) is 138 cm³/mol. The molecule has 3 rings (SSSR count). The molecule has 0 aromatic heterocycles. The zero-order chi connectivity index (χ0) is 26.1. The lowest BCUT2D eigenvalue weighted by Crippen LogP contribution is -2.40. The van der Waals surface area contributed by atoms with Gasteiger partial charge in [0.05, 0.1) is 11.6 Å². The fourth-order valence-corrected chi connectivity index (χ4v) is 4.37. The summed E-state index contributed by atoms with van der Waals surface area (Å²) in [6.45, 7) is 2.78. The van der Waals surface area contributed by atoms with Gasteiger partial charge in [0.1, 0.15) is 7.11 Å². The number of unbranched alkanes of at least 4 members (excludes halogenated alkanes) is 1. The van der Waals surface area contributed by atoms with E-state index in [9.17, 15) is 13.2 Å². The monoisotopic (exact) mass is 501 g/mol. The fourth-order valence-electron chi connectivity index (χ4n) is 4.37. The molecule has 1 fully saturated rings. The van der Waals surface area contributed by atoms with Gasteiger partial charge >= 0.3 is 6.18 Å². The largest absolute Gasteiger partial charge is 0.416 e. The number of alkyl halides is 3. The highest BCUT2D eigenvalue weighted by atomic mass is 19.4. The summed E-state index contributed by atoms with van der Waals surface area (Å²) in [5, 5.41) is 11.5. The second-order valence-electron chi connectivity index (χ2n) is 8.95. The average Bonchev–Trinajstić information content (AvgIpc) is 3.33. The van der Waals surface area contributed by atoms with Crippen LogP contribution in [0.5, 0.6) is 0 Å². The van der Waals surface area contributed by atoms with E-state index < -0.39 is 11.7 Å². The van der Waals surface area contributed by atoms with Crippen LogP contribution in [-0.4, -0.2) is 42.6 Å². The number of halogens is 3. The summed E-state index contributed by atoms with van der Waals surface area (Å²) in [6, 6.07) is 12.1. The van der Waals surface area contributed by atoms with Gasteiger partial charge in [0.15, 0.2) is 11.8 Å². The van der Waals surface area contributed by atoms with Gasteiger partial charge in [-0.1, -0.05) is 54.9 Å². The zero-order valence-corrected chi connectivity index (χ0v) is 20.8. The number of aliphatic imine (C=N–C) groups is 1. The number of hydrogen-bond donors (Lipinski definition) is 2. The summed E-state index contributed by atoms with van der Waals surface area (Å²) < 4.78 is 42.0. The summed E-state index contributed by atoms with van der Waals surface area (Å²) in [5.41, 5.74) is 7.59. The molecule has 2 aromatic rings. The molecule has 194 valence electrons. The lowest BCUT2D eigenvalue weighted by atomic mass is 9.96. The Bertz CT molecular complexity index is 1080. The van der Waals surface area contributed by atoms with E-state index in [1.165, 1.54) is 18.7 Å². The van der Waals surface area contributed by atoms with Crippen molar-refractivity contribution in [3.8, 4) is 0 Å². The first-order valence-electron chi connectivity index (χ1n) is 12.3. The summed E-state index contributed by atoms with van der Waals surface area (Å²) in [6.07, 6.45) is 2.67. The highest BCUT2D eigenvalue weighted by molar-refractivity contribution is 6.03. The van der Waals surface area contributed by atoms with Crippen LogP contribution in [0.3, 0.4) is 0 Å². The van der Waals surface area contributed by atoms with Gasteiger partial charge in [-0.05, 0) is 61.3 Å². The van der Waals surface area contributed by atoms with Gasteiger partial charge in [0.2, 0.25) is 0 Å². The fraction of sp³-hybridized carbons (Fsp3) is 0.444. The average molecular weight is 502 g/mol. The van der Waals surface area contributed by atoms with Crippen molar-refractivity contribution >= 4 is 18.0 Å². The summed E-state index contributed by atoms with van der Waals surface area (Å²) >= 11 is 0. The minimum Gasteiger partial charge on any atom is -0.397 e. The van der Waals surface area contributed by atoms with Crippen molar-refractivity contribution in [1.82, 2.24) is 4.90 Å². The molecule has 1 aliphatic rings. The van der Waals surface area contributed by atoms with Crippen molar-refractivity contribution in [3.05, 3.63) is 70.3 Å². The molecule has 0 bridgehead atoms. The van der Waals surface area contributed by atoms with Crippen molar-refractivity contribution < 1.29 is 18.0 Å². The van der Waals surface area contributed by atoms with Gasteiger partial charge in [0, 0.05) is 18.3 Å². The van der Waals surface area contributed by atoms with Crippen LogP contribution in [0.4, 0.5) is 13.2 Å². The molecule has 0 unspecified atom stereocenters. The number of nitrogens with one attached hydrogen (secondary N) is 1. The smallest absolute Gasteiger partial charge is 0.397 e. The zero-order valence-electron chi connectivity index (χ0n) is 20.8. The molecule has 2 aromatic carbocycles. The Morgan fingerprint density at radius 1 is 1.14 bits per heavy atom. The van der Waals surface area contributed by atoms with Gasteiger partial charge < -0.3 is 15.5 Å². The molecule has 0 saturated carbocycles. The highest BCUT2D eigenvalue weighted by Crippen LogP contribution is 2.33. The number of nitrogens with two attached hydrogens (primary N) is 1. The first-order valence-corrected chi connectivity index (χ1v) is 12.3. The van der Waals surface area contributed by atoms with E-state index in [4.69, 9.17) is 16.0 Å². The van der Waals surface area contributed by atoms with Crippen molar-refractivity contribution in [2.24, 2.45) is 15.9 Å². The molecule has 1 heterocycles. The van der Waals surface area contributed by atoms with Crippen LogP contribution < -0.4 is 5.73 Å². The number of likely N-dealkylation sites (tertiary alicyclic amines) is 1. The number of amidine groups is 1. The Kier molecular flexibility index (Phi) is 9.50. The van der Waals surface area contributed by atoms with E-state index >= 15 is 0 Å². The molecule has 6 nitrogen and oxygen atoms in total. The van der Waals surface area contributed by atoms with Gasteiger partial charge in [0.25, 0.3) is 0 Å². The Labute approximate surface area is 210 Å². The minimum absolute atomic E-state index is 0.0348. The Morgan fingerprint density at radius 3 is 2.44 bits per heavy atom. The molecule has 1 atom stereocenters. The molecule has 0 amide bonds.